The van der Waals surface area contributed by atoms with Gasteiger partial charge in [0.25, 0.3) is 0 Å². The van der Waals surface area contributed by atoms with Crippen LogP contribution in [0.2, 0.25) is 0 Å². The van der Waals surface area contributed by atoms with Gasteiger partial charge in [0.1, 0.15) is 25.0 Å². The maximum absolute atomic E-state index is 10.2. The minimum absolute atomic E-state index is 0.218. The SMILES string of the molecule is N#CCc1ccc(OC[C@@H](O)C[NH+]2CCCC[C@@H]2CCO)cc1. The van der Waals surface area contributed by atoms with Crippen LogP contribution >= 0.6 is 0 Å². The summed E-state index contributed by atoms with van der Waals surface area (Å²) >= 11 is 0. The van der Waals surface area contributed by atoms with Crippen LogP contribution in [0.4, 0.5) is 0 Å². The van der Waals surface area contributed by atoms with Crippen molar-refractivity contribution in [2.75, 3.05) is 26.3 Å². The number of likely N-dealkylation sites (tertiary alicyclic amines) is 1. The molecule has 0 saturated carbocycles. The lowest BCUT2D eigenvalue weighted by atomic mass is 9.99. The molecular formula is C18H27N2O3+. The van der Waals surface area contributed by atoms with Crippen LogP contribution in [0.25, 0.3) is 0 Å². The fraction of sp³-hybridized carbons (Fsp3) is 0.611. The molecule has 3 N–H and O–H groups in total. The molecule has 1 unspecified atom stereocenters. The maximum atomic E-state index is 10.2. The van der Waals surface area contributed by atoms with Crippen molar-refractivity contribution in [3.8, 4) is 11.8 Å². The zero-order valence-electron chi connectivity index (χ0n) is 13.6. The molecule has 1 saturated heterocycles. The van der Waals surface area contributed by atoms with E-state index in [1.165, 1.54) is 17.7 Å². The summed E-state index contributed by atoms with van der Waals surface area (Å²) in [6.45, 7) is 2.21. The van der Waals surface area contributed by atoms with E-state index in [2.05, 4.69) is 6.07 Å². The summed E-state index contributed by atoms with van der Waals surface area (Å²) in [7, 11) is 0. The van der Waals surface area contributed by atoms with Crippen molar-refractivity contribution >= 4 is 0 Å². The first kappa shape index (κ1) is 17.7. The summed E-state index contributed by atoms with van der Waals surface area (Å²) < 4.78 is 5.64. The van der Waals surface area contributed by atoms with E-state index in [0.29, 0.717) is 24.8 Å². The zero-order chi connectivity index (χ0) is 16.5. The van der Waals surface area contributed by atoms with Gasteiger partial charge in [-0.3, -0.25) is 0 Å². The monoisotopic (exact) mass is 319 g/mol. The lowest BCUT2D eigenvalue weighted by Crippen LogP contribution is -3.17. The largest absolute Gasteiger partial charge is 0.491 e. The highest BCUT2D eigenvalue weighted by atomic mass is 16.5. The molecule has 2 rings (SSSR count). The molecule has 23 heavy (non-hydrogen) atoms. The lowest BCUT2D eigenvalue weighted by molar-refractivity contribution is -0.933. The number of ether oxygens (including phenoxy) is 1. The number of aliphatic hydroxyl groups excluding tert-OH is 2. The van der Waals surface area contributed by atoms with Gasteiger partial charge < -0.3 is 19.8 Å². The minimum Gasteiger partial charge on any atom is -0.491 e. The minimum atomic E-state index is -0.511. The molecule has 0 spiro atoms. The summed E-state index contributed by atoms with van der Waals surface area (Å²) in [5.74, 6) is 0.714. The normalized spacial score (nSPS) is 22.3. The van der Waals surface area contributed by atoms with Gasteiger partial charge >= 0.3 is 0 Å². The van der Waals surface area contributed by atoms with Gasteiger partial charge in [-0.25, -0.2) is 0 Å². The number of piperidine rings is 1. The van der Waals surface area contributed by atoms with Crippen LogP contribution in [-0.2, 0) is 6.42 Å². The zero-order valence-corrected chi connectivity index (χ0v) is 13.6. The molecule has 5 heteroatoms. The number of hydrogen-bond donors (Lipinski definition) is 3. The van der Waals surface area contributed by atoms with Gasteiger partial charge in [-0.2, -0.15) is 5.26 Å². The second-order valence-electron chi connectivity index (χ2n) is 6.26. The predicted octanol–water partition coefficient (Wildman–Crippen LogP) is 0.312. The van der Waals surface area contributed by atoms with Crippen LogP contribution < -0.4 is 9.64 Å². The van der Waals surface area contributed by atoms with Crippen molar-refractivity contribution in [3.63, 3.8) is 0 Å². The van der Waals surface area contributed by atoms with Crippen LogP contribution in [0.3, 0.4) is 0 Å². The Morgan fingerprint density at radius 3 is 2.78 bits per heavy atom. The molecule has 0 bridgehead atoms. The van der Waals surface area contributed by atoms with Crippen LogP contribution in [0.5, 0.6) is 5.75 Å². The fourth-order valence-electron chi connectivity index (χ4n) is 3.27. The molecule has 1 heterocycles. The first-order chi connectivity index (χ1) is 11.2. The van der Waals surface area contributed by atoms with E-state index in [1.54, 1.807) is 0 Å². The van der Waals surface area contributed by atoms with E-state index in [1.807, 2.05) is 24.3 Å². The van der Waals surface area contributed by atoms with Crippen LogP contribution in [0.1, 0.15) is 31.2 Å². The van der Waals surface area contributed by atoms with Gasteiger partial charge in [0.05, 0.1) is 25.1 Å². The Morgan fingerprint density at radius 2 is 2.09 bits per heavy atom. The van der Waals surface area contributed by atoms with E-state index in [9.17, 15) is 5.11 Å². The molecule has 0 aromatic heterocycles. The van der Waals surface area contributed by atoms with E-state index < -0.39 is 6.10 Å². The molecule has 1 aromatic rings. The number of quaternary nitrogens is 1. The van der Waals surface area contributed by atoms with Crippen molar-refractivity contribution < 1.29 is 19.8 Å². The average molecular weight is 319 g/mol. The molecule has 5 nitrogen and oxygen atoms in total. The van der Waals surface area contributed by atoms with E-state index in [-0.39, 0.29) is 13.2 Å². The number of nitrogens with one attached hydrogen (secondary N) is 1. The highest BCUT2D eigenvalue weighted by Crippen LogP contribution is 2.12. The fourth-order valence-corrected chi connectivity index (χ4v) is 3.27. The van der Waals surface area contributed by atoms with E-state index in [0.717, 1.165) is 24.9 Å². The quantitative estimate of drug-likeness (QED) is 0.644. The smallest absolute Gasteiger partial charge is 0.137 e. The molecule has 3 atom stereocenters. The van der Waals surface area contributed by atoms with Gasteiger partial charge in [0.2, 0.25) is 0 Å². The Labute approximate surface area is 138 Å². The van der Waals surface area contributed by atoms with E-state index >= 15 is 0 Å². The molecule has 1 aliphatic rings. The van der Waals surface area contributed by atoms with Gasteiger partial charge in [0.15, 0.2) is 0 Å². The van der Waals surface area contributed by atoms with Crippen LogP contribution in [0.15, 0.2) is 24.3 Å². The molecular weight excluding hydrogens is 292 g/mol. The lowest BCUT2D eigenvalue weighted by Gasteiger charge is -2.33. The second-order valence-corrected chi connectivity index (χ2v) is 6.26. The standard InChI is InChI=1S/C18H26N2O3/c19-10-8-15-4-6-18(7-5-15)23-14-17(22)13-20-11-2-1-3-16(20)9-12-21/h4-7,16-17,21-22H,1-3,8-9,11-14H2/p+1/t16-,17+/m1/s1. The summed E-state index contributed by atoms with van der Waals surface area (Å²) in [6.07, 6.45) is 4.23. The van der Waals surface area contributed by atoms with Crippen LogP contribution in [-0.4, -0.2) is 48.7 Å². The van der Waals surface area contributed by atoms with Crippen molar-refractivity contribution in [2.45, 2.75) is 44.2 Å². The summed E-state index contributed by atoms with van der Waals surface area (Å²) in [5.41, 5.74) is 0.963. The Hall–Kier alpha value is -1.61. The van der Waals surface area contributed by atoms with E-state index in [4.69, 9.17) is 15.1 Å². The number of nitrogens with zero attached hydrogens (tertiary/aromatic N) is 1. The highest BCUT2D eigenvalue weighted by Gasteiger charge is 2.27. The number of nitriles is 1. The number of hydrogen-bond acceptors (Lipinski definition) is 4. The Balaban J connectivity index is 1.77. The molecule has 1 fully saturated rings. The van der Waals surface area contributed by atoms with Crippen molar-refractivity contribution in [1.82, 2.24) is 0 Å². The van der Waals surface area contributed by atoms with Crippen molar-refractivity contribution in [2.24, 2.45) is 0 Å². The van der Waals surface area contributed by atoms with Gasteiger partial charge in [-0.05, 0) is 37.0 Å². The Kier molecular flexibility index (Phi) is 7.34. The van der Waals surface area contributed by atoms with Crippen molar-refractivity contribution in [3.05, 3.63) is 29.8 Å². The third kappa shape index (κ3) is 5.83. The highest BCUT2D eigenvalue weighted by molar-refractivity contribution is 5.28. The first-order valence-electron chi connectivity index (χ1n) is 8.45. The first-order valence-corrected chi connectivity index (χ1v) is 8.45. The predicted molar refractivity (Wildman–Crippen MR) is 87.3 cm³/mol. The molecule has 126 valence electrons. The summed E-state index contributed by atoms with van der Waals surface area (Å²) in [5, 5.41) is 28.0. The van der Waals surface area contributed by atoms with Gasteiger partial charge in [0, 0.05) is 13.0 Å². The maximum Gasteiger partial charge on any atom is 0.137 e. The molecule has 1 aliphatic heterocycles. The molecule has 0 aliphatic carbocycles. The summed E-state index contributed by atoms with van der Waals surface area (Å²) in [6, 6.07) is 9.98. The molecule has 1 aromatic carbocycles. The van der Waals surface area contributed by atoms with Gasteiger partial charge in [-0.15, -0.1) is 0 Å². The average Bonchev–Trinajstić information content (AvgIpc) is 2.57. The molecule has 0 radical (unpaired) electrons. The topological polar surface area (TPSA) is 77.9 Å². The third-order valence-electron chi connectivity index (χ3n) is 4.50. The number of aliphatic hydroxyl groups is 2. The van der Waals surface area contributed by atoms with Crippen LogP contribution in [0, 0.1) is 11.3 Å². The molecule has 0 amide bonds. The Bertz CT molecular complexity index is 496. The number of benzene rings is 1. The third-order valence-corrected chi connectivity index (χ3v) is 4.50. The second kappa shape index (κ2) is 9.51. The van der Waals surface area contributed by atoms with Crippen molar-refractivity contribution in [1.29, 1.82) is 5.26 Å². The number of rotatable bonds is 8. The van der Waals surface area contributed by atoms with Gasteiger partial charge in [-0.1, -0.05) is 12.1 Å². The summed E-state index contributed by atoms with van der Waals surface area (Å²) in [4.78, 5) is 1.38. The Morgan fingerprint density at radius 1 is 1.30 bits per heavy atom.